The third-order valence-corrected chi connectivity index (χ3v) is 4.36. The van der Waals surface area contributed by atoms with Crippen LogP contribution in [0, 0.1) is 0 Å². The second-order valence-corrected chi connectivity index (χ2v) is 6.35. The number of benzene rings is 2. The first-order chi connectivity index (χ1) is 14.0. The number of anilines is 2. The highest BCUT2D eigenvalue weighted by Gasteiger charge is 2.18. The maximum absolute atomic E-state index is 12.5. The van der Waals surface area contributed by atoms with Gasteiger partial charge in [0.05, 0.1) is 33.6 Å². The van der Waals surface area contributed by atoms with Crippen molar-refractivity contribution in [1.29, 1.82) is 0 Å². The maximum atomic E-state index is 12.5. The van der Waals surface area contributed by atoms with Gasteiger partial charge in [0.25, 0.3) is 11.8 Å². The lowest BCUT2D eigenvalue weighted by Gasteiger charge is -2.18. The topological polar surface area (TPSA) is 90.3 Å². The molecule has 0 aliphatic rings. The lowest BCUT2D eigenvalue weighted by molar-refractivity contribution is -0.881. The molecule has 1 unspecified atom stereocenters. The van der Waals surface area contributed by atoms with Crippen molar-refractivity contribution < 1.29 is 28.7 Å². The van der Waals surface area contributed by atoms with Gasteiger partial charge in [0.1, 0.15) is 17.2 Å². The van der Waals surface area contributed by atoms with Crippen LogP contribution in [0.4, 0.5) is 11.4 Å². The molecule has 8 heteroatoms. The minimum absolute atomic E-state index is 0.150. The van der Waals surface area contributed by atoms with Gasteiger partial charge in [-0.05, 0) is 31.2 Å². The highest BCUT2D eigenvalue weighted by molar-refractivity contribution is 5.94. The van der Waals surface area contributed by atoms with Crippen LogP contribution >= 0.6 is 0 Å². The van der Waals surface area contributed by atoms with E-state index in [-0.39, 0.29) is 24.9 Å². The van der Waals surface area contributed by atoms with Crippen LogP contribution in [0.25, 0.3) is 0 Å². The molecule has 1 atom stereocenters. The number of likely N-dealkylation sites (N-methyl/N-ethyl adjacent to an activating group) is 1. The fourth-order valence-corrected chi connectivity index (χ4v) is 2.77. The minimum atomic E-state index is -0.209. The Hall–Kier alpha value is -3.26. The Morgan fingerprint density at radius 3 is 2.14 bits per heavy atom. The molecule has 2 aromatic carbocycles. The lowest BCUT2D eigenvalue weighted by Crippen LogP contribution is -3.13. The van der Waals surface area contributed by atoms with Gasteiger partial charge in [0, 0.05) is 17.8 Å². The molecule has 0 fully saturated rings. The van der Waals surface area contributed by atoms with E-state index in [0.29, 0.717) is 35.2 Å². The third-order valence-electron chi connectivity index (χ3n) is 4.36. The fraction of sp³-hybridized carbons (Fsp3) is 0.333. The molecule has 0 saturated heterocycles. The number of carbonyl (C=O) groups is 2. The van der Waals surface area contributed by atoms with Crippen LogP contribution in [0.15, 0.2) is 42.5 Å². The normalized spacial score (nSPS) is 11.3. The zero-order valence-electron chi connectivity index (χ0n) is 17.2. The van der Waals surface area contributed by atoms with E-state index in [4.69, 9.17) is 14.2 Å². The molecule has 0 radical (unpaired) electrons. The molecule has 0 spiro atoms. The average Bonchev–Trinajstić information content (AvgIpc) is 2.73. The molecule has 8 nitrogen and oxygen atoms in total. The van der Waals surface area contributed by atoms with Crippen LogP contribution < -0.4 is 29.7 Å². The van der Waals surface area contributed by atoms with Gasteiger partial charge in [0.15, 0.2) is 13.1 Å². The van der Waals surface area contributed by atoms with Crippen molar-refractivity contribution in [2.45, 2.75) is 6.92 Å². The van der Waals surface area contributed by atoms with Gasteiger partial charge in [-0.15, -0.1) is 0 Å². The number of methoxy groups -OCH3 is 3. The van der Waals surface area contributed by atoms with Gasteiger partial charge in [-0.1, -0.05) is 6.07 Å². The monoisotopic (exact) mass is 402 g/mol. The van der Waals surface area contributed by atoms with Crippen LogP contribution in [-0.4, -0.2) is 52.8 Å². The van der Waals surface area contributed by atoms with Crippen LogP contribution in [0.2, 0.25) is 0 Å². The van der Waals surface area contributed by atoms with Crippen LogP contribution in [0.1, 0.15) is 6.92 Å². The molecule has 3 N–H and O–H groups in total. The fourth-order valence-electron chi connectivity index (χ4n) is 2.77. The number of carbonyl (C=O) groups excluding carboxylic acids is 2. The summed E-state index contributed by atoms with van der Waals surface area (Å²) in [6, 6.07) is 12.3. The zero-order valence-corrected chi connectivity index (χ0v) is 17.2. The van der Waals surface area contributed by atoms with Gasteiger partial charge < -0.3 is 29.7 Å². The highest BCUT2D eigenvalue weighted by Crippen LogP contribution is 2.28. The number of hydrogen-bond donors (Lipinski definition) is 3. The minimum Gasteiger partial charge on any atom is -0.497 e. The summed E-state index contributed by atoms with van der Waals surface area (Å²) in [4.78, 5) is 25.6. The van der Waals surface area contributed by atoms with E-state index in [0.717, 1.165) is 4.90 Å². The molecule has 29 heavy (non-hydrogen) atoms. The quantitative estimate of drug-likeness (QED) is 0.556. The molecule has 0 aliphatic heterocycles. The lowest BCUT2D eigenvalue weighted by atomic mass is 10.2. The van der Waals surface area contributed by atoms with Crippen molar-refractivity contribution in [2.75, 3.05) is 51.6 Å². The predicted octanol–water partition coefficient (Wildman–Crippen LogP) is 1.19. The van der Waals surface area contributed by atoms with E-state index in [1.807, 2.05) is 6.92 Å². The summed E-state index contributed by atoms with van der Waals surface area (Å²) in [6.07, 6.45) is 0. The largest absolute Gasteiger partial charge is 0.497 e. The van der Waals surface area contributed by atoms with Crippen molar-refractivity contribution >= 4 is 23.2 Å². The first-order valence-electron chi connectivity index (χ1n) is 9.28. The number of amides is 2. The number of quaternary nitrogens is 1. The Morgan fingerprint density at radius 1 is 0.862 bits per heavy atom. The molecule has 2 amide bonds. The van der Waals surface area contributed by atoms with Gasteiger partial charge >= 0.3 is 0 Å². The van der Waals surface area contributed by atoms with E-state index in [1.165, 1.54) is 7.11 Å². The standard InChI is InChI=1S/C21H27N3O5/c1-5-24(13-20(25)22-15-7-6-8-16(11-15)27-2)14-21(26)23-18-10-9-17(28-3)12-19(18)29-4/h6-12H,5,13-14H2,1-4H3,(H,22,25)(H,23,26)/p+1. The van der Waals surface area contributed by atoms with E-state index in [9.17, 15) is 9.59 Å². The number of nitrogens with one attached hydrogen (secondary N) is 3. The van der Waals surface area contributed by atoms with Crippen molar-refractivity contribution in [3.8, 4) is 17.2 Å². The Labute approximate surface area is 170 Å². The molecular formula is C21H28N3O5+. The summed E-state index contributed by atoms with van der Waals surface area (Å²) in [5.41, 5.74) is 1.20. The third kappa shape index (κ3) is 6.69. The van der Waals surface area contributed by atoms with Gasteiger partial charge in [0.2, 0.25) is 0 Å². The molecule has 2 rings (SSSR count). The number of ether oxygens (including phenoxy) is 3. The highest BCUT2D eigenvalue weighted by atomic mass is 16.5. The molecule has 0 bridgehead atoms. The molecule has 0 heterocycles. The molecule has 156 valence electrons. The SMILES string of the molecule is CC[NH+](CC(=O)Nc1cccc(OC)c1)CC(=O)Nc1ccc(OC)cc1OC. The summed E-state index contributed by atoms with van der Waals surface area (Å²) < 4.78 is 15.6. The smallest absolute Gasteiger partial charge is 0.279 e. The molecule has 0 aliphatic carbocycles. The van der Waals surface area contributed by atoms with Crippen molar-refractivity contribution in [2.24, 2.45) is 0 Å². The van der Waals surface area contributed by atoms with Gasteiger partial charge in [-0.2, -0.15) is 0 Å². The van der Waals surface area contributed by atoms with Gasteiger partial charge in [-0.3, -0.25) is 9.59 Å². The second-order valence-electron chi connectivity index (χ2n) is 6.35. The van der Waals surface area contributed by atoms with E-state index in [1.54, 1.807) is 56.7 Å². The summed E-state index contributed by atoms with van der Waals surface area (Å²) in [7, 11) is 4.66. The zero-order chi connectivity index (χ0) is 21.2. The molecule has 0 aromatic heterocycles. The van der Waals surface area contributed by atoms with Gasteiger partial charge in [-0.25, -0.2) is 0 Å². The molecule has 2 aromatic rings. The predicted molar refractivity (Wildman–Crippen MR) is 111 cm³/mol. The Balaban J connectivity index is 1.93. The van der Waals surface area contributed by atoms with Crippen molar-refractivity contribution in [1.82, 2.24) is 0 Å². The summed E-state index contributed by atoms with van der Waals surface area (Å²) in [5, 5.41) is 5.66. The number of hydrogen-bond acceptors (Lipinski definition) is 5. The van der Waals surface area contributed by atoms with E-state index < -0.39 is 0 Å². The Bertz CT molecular complexity index is 841. The van der Waals surface area contributed by atoms with Crippen molar-refractivity contribution in [3.63, 3.8) is 0 Å². The molecular weight excluding hydrogens is 374 g/mol. The summed E-state index contributed by atoms with van der Waals surface area (Å²) >= 11 is 0. The van der Waals surface area contributed by atoms with Crippen LogP contribution in [0.5, 0.6) is 17.2 Å². The molecule has 0 saturated carbocycles. The average molecular weight is 402 g/mol. The van der Waals surface area contributed by atoms with Crippen molar-refractivity contribution in [3.05, 3.63) is 42.5 Å². The Kier molecular flexibility index (Phi) is 8.29. The summed E-state index contributed by atoms with van der Waals surface area (Å²) in [6.45, 7) is 2.87. The maximum Gasteiger partial charge on any atom is 0.279 e. The summed E-state index contributed by atoms with van der Waals surface area (Å²) in [5.74, 6) is 1.42. The first kappa shape index (κ1) is 22.0. The first-order valence-corrected chi connectivity index (χ1v) is 9.28. The second kappa shape index (κ2) is 10.9. The van der Waals surface area contributed by atoms with Crippen LogP contribution in [-0.2, 0) is 9.59 Å². The van der Waals surface area contributed by atoms with E-state index in [2.05, 4.69) is 10.6 Å². The number of rotatable bonds is 10. The van der Waals surface area contributed by atoms with Crippen LogP contribution in [0.3, 0.4) is 0 Å². The Morgan fingerprint density at radius 2 is 1.52 bits per heavy atom. The van der Waals surface area contributed by atoms with E-state index >= 15 is 0 Å².